The molecule has 0 saturated heterocycles. The average Bonchev–Trinajstić information content (AvgIpc) is 2.87. The lowest BCUT2D eigenvalue weighted by Gasteiger charge is -2.20. The smallest absolute Gasteiger partial charge is 0.303 e. The fraction of sp³-hybridized carbons (Fsp3) is 0.579. The summed E-state index contributed by atoms with van der Waals surface area (Å²) in [6.07, 6.45) is 0.427. The number of pyridine rings is 1. The molecule has 2 heterocycles. The van der Waals surface area contributed by atoms with Crippen LogP contribution in [0, 0.1) is 6.92 Å². The van der Waals surface area contributed by atoms with Crippen LogP contribution in [0.2, 0.25) is 0 Å². The van der Waals surface area contributed by atoms with Crippen molar-refractivity contribution in [3.05, 3.63) is 23.0 Å². The van der Waals surface area contributed by atoms with E-state index in [2.05, 4.69) is 10.4 Å². The summed E-state index contributed by atoms with van der Waals surface area (Å²) in [4.78, 5) is 28.2. The van der Waals surface area contributed by atoms with E-state index in [1.54, 1.807) is 0 Å². The Morgan fingerprint density at radius 2 is 1.96 bits per heavy atom. The van der Waals surface area contributed by atoms with Crippen LogP contribution in [-0.2, 0) is 10.3 Å². The van der Waals surface area contributed by atoms with E-state index in [0.717, 1.165) is 16.8 Å². The number of rotatable bonds is 6. The SMILES string of the molecule is Cc1nn(C(C)(C)C)c2nc(C(C)C)cc(C(=O)NCCCC(=O)O)c12. The van der Waals surface area contributed by atoms with Gasteiger partial charge in [0.25, 0.3) is 5.91 Å². The Morgan fingerprint density at radius 3 is 2.50 bits per heavy atom. The highest BCUT2D eigenvalue weighted by Crippen LogP contribution is 2.28. The number of nitrogens with zero attached hydrogens (tertiary/aromatic N) is 3. The van der Waals surface area contributed by atoms with E-state index in [-0.39, 0.29) is 23.8 Å². The molecule has 0 atom stereocenters. The van der Waals surface area contributed by atoms with Crippen LogP contribution in [0.4, 0.5) is 0 Å². The van der Waals surface area contributed by atoms with E-state index in [9.17, 15) is 9.59 Å². The van der Waals surface area contributed by atoms with Gasteiger partial charge in [-0.1, -0.05) is 13.8 Å². The number of aryl methyl sites for hydroxylation is 1. The van der Waals surface area contributed by atoms with Crippen molar-refractivity contribution < 1.29 is 14.7 Å². The van der Waals surface area contributed by atoms with Crippen LogP contribution in [-0.4, -0.2) is 38.3 Å². The maximum atomic E-state index is 12.8. The van der Waals surface area contributed by atoms with Gasteiger partial charge in [0, 0.05) is 18.7 Å². The topological polar surface area (TPSA) is 97.1 Å². The van der Waals surface area contributed by atoms with Crippen molar-refractivity contribution >= 4 is 22.9 Å². The predicted molar refractivity (Wildman–Crippen MR) is 101 cm³/mol. The minimum absolute atomic E-state index is 0.0320. The Balaban J connectivity index is 2.49. The molecule has 2 aromatic heterocycles. The molecule has 1 amide bonds. The molecule has 0 spiro atoms. The maximum absolute atomic E-state index is 12.8. The van der Waals surface area contributed by atoms with Crippen LogP contribution in [0.5, 0.6) is 0 Å². The summed E-state index contributed by atoms with van der Waals surface area (Å²) >= 11 is 0. The third-order valence-electron chi connectivity index (χ3n) is 4.16. The summed E-state index contributed by atoms with van der Waals surface area (Å²) < 4.78 is 1.87. The highest BCUT2D eigenvalue weighted by Gasteiger charge is 2.25. The number of hydrogen-bond donors (Lipinski definition) is 2. The average molecular weight is 360 g/mol. The van der Waals surface area contributed by atoms with Crippen LogP contribution >= 0.6 is 0 Å². The lowest BCUT2D eigenvalue weighted by molar-refractivity contribution is -0.137. The molecule has 0 unspecified atom stereocenters. The first-order valence-corrected chi connectivity index (χ1v) is 8.93. The quantitative estimate of drug-likeness (QED) is 0.771. The molecule has 0 fully saturated rings. The van der Waals surface area contributed by atoms with Gasteiger partial charge in [0.05, 0.1) is 22.2 Å². The predicted octanol–water partition coefficient (Wildman–Crippen LogP) is 3.21. The first-order chi connectivity index (χ1) is 12.0. The molecule has 0 aliphatic rings. The van der Waals surface area contributed by atoms with Gasteiger partial charge in [0.1, 0.15) is 0 Å². The number of carboxylic acid groups (broad SMARTS) is 1. The minimum Gasteiger partial charge on any atom is -0.481 e. The van der Waals surface area contributed by atoms with Crippen molar-refractivity contribution in [3.63, 3.8) is 0 Å². The van der Waals surface area contributed by atoms with Crippen molar-refractivity contribution in [2.45, 2.75) is 65.8 Å². The van der Waals surface area contributed by atoms with Gasteiger partial charge in [-0.25, -0.2) is 9.67 Å². The van der Waals surface area contributed by atoms with Gasteiger partial charge in [-0.2, -0.15) is 5.10 Å². The third-order valence-corrected chi connectivity index (χ3v) is 4.16. The number of carboxylic acids is 1. The second-order valence-corrected chi connectivity index (χ2v) is 7.87. The fourth-order valence-corrected chi connectivity index (χ4v) is 2.79. The Kier molecular flexibility index (Phi) is 5.68. The maximum Gasteiger partial charge on any atom is 0.303 e. The Bertz CT molecular complexity index is 831. The number of carbonyl (C=O) groups is 2. The summed E-state index contributed by atoms with van der Waals surface area (Å²) in [5, 5.41) is 16.9. The molecule has 0 aliphatic heterocycles. The number of fused-ring (bicyclic) bond motifs is 1. The van der Waals surface area contributed by atoms with E-state index < -0.39 is 5.97 Å². The van der Waals surface area contributed by atoms with E-state index in [0.29, 0.717) is 24.2 Å². The van der Waals surface area contributed by atoms with Gasteiger partial charge in [0.15, 0.2) is 5.65 Å². The molecule has 0 radical (unpaired) electrons. The van der Waals surface area contributed by atoms with Crippen molar-refractivity contribution in [2.75, 3.05) is 6.54 Å². The summed E-state index contributed by atoms with van der Waals surface area (Å²) in [7, 11) is 0. The summed E-state index contributed by atoms with van der Waals surface area (Å²) in [6, 6.07) is 1.82. The molecule has 0 aliphatic carbocycles. The van der Waals surface area contributed by atoms with E-state index >= 15 is 0 Å². The minimum atomic E-state index is -0.866. The van der Waals surface area contributed by atoms with Crippen molar-refractivity contribution in [2.24, 2.45) is 0 Å². The Labute approximate surface area is 153 Å². The van der Waals surface area contributed by atoms with Gasteiger partial charge < -0.3 is 10.4 Å². The summed E-state index contributed by atoms with van der Waals surface area (Å²) in [5.74, 6) is -0.919. The standard InChI is InChI=1S/C19H28N4O3/c1-11(2)14-10-13(18(26)20-9-7-8-15(24)25)16-12(3)22-23(17(16)21-14)19(4,5)6/h10-11H,7-9H2,1-6H3,(H,20,26)(H,24,25). The third kappa shape index (κ3) is 4.20. The lowest BCUT2D eigenvalue weighted by atomic mass is 10.0. The van der Waals surface area contributed by atoms with Gasteiger partial charge in [0.2, 0.25) is 0 Å². The molecule has 2 aromatic rings. The molecule has 7 heteroatoms. The Hall–Kier alpha value is -2.44. The van der Waals surface area contributed by atoms with Crippen LogP contribution < -0.4 is 5.32 Å². The van der Waals surface area contributed by atoms with Crippen LogP contribution in [0.3, 0.4) is 0 Å². The number of hydrogen-bond acceptors (Lipinski definition) is 4. The molecule has 0 saturated carbocycles. The number of aromatic nitrogens is 3. The van der Waals surface area contributed by atoms with Crippen LogP contribution in [0.25, 0.3) is 11.0 Å². The summed E-state index contributed by atoms with van der Waals surface area (Å²) in [5.41, 5.74) is 2.58. The van der Waals surface area contributed by atoms with Gasteiger partial charge >= 0.3 is 5.97 Å². The summed E-state index contributed by atoms with van der Waals surface area (Å²) in [6.45, 7) is 12.4. The van der Waals surface area contributed by atoms with E-state index in [1.807, 2.05) is 52.3 Å². The number of aliphatic carboxylic acids is 1. The van der Waals surface area contributed by atoms with E-state index in [1.165, 1.54) is 0 Å². The molecular formula is C19H28N4O3. The van der Waals surface area contributed by atoms with Crippen LogP contribution in [0.15, 0.2) is 6.07 Å². The lowest BCUT2D eigenvalue weighted by Crippen LogP contribution is -2.26. The number of amides is 1. The normalized spacial score (nSPS) is 12.0. The zero-order valence-electron chi connectivity index (χ0n) is 16.4. The molecule has 0 bridgehead atoms. The highest BCUT2D eigenvalue weighted by molar-refractivity contribution is 6.06. The van der Waals surface area contributed by atoms with Crippen molar-refractivity contribution in [1.82, 2.24) is 20.1 Å². The fourth-order valence-electron chi connectivity index (χ4n) is 2.79. The Morgan fingerprint density at radius 1 is 1.31 bits per heavy atom. The zero-order valence-corrected chi connectivity index (χ0v) is 16.4. The molecular weight excluding hydrogens is 332 g/mol. The van der Waals surface area contributed by atoms with Crippen LogP contribution in [0.1, 0.15) is 75.1 Å². The second kappa shape index (κ2) is 7.43. The van der Waals surface area contributed by atoms with Gasteiger partial charge in [-0.15, -0.1) is 0 Å². The molecule has 2 rings (SSSR count). The molecule has 2 N–H and O–H groups in total. The van der Waals surface area contributed by atoms with Crippen molar-refractivity contribution in [1.29, 1.82) is 0 Å². The largest absolute Gasteiger partial charge is 0.481 e. The highest BCUT2D eigenvalue weighted by atomic mass is 16.4. The first-order valence-electron chi connectivity index (χ1n) is 8.93. The molecule has 142 valence electrons. The van der Waals surface area contributed by atoms with Gasteiger partial charge in [-0.3, -0.25) is 9.59 Å². The molecule has 26 heavy (non-hydrogen) atoms. The first kappa shape index (κ1) is 19.9. The molecule has 7 nitrogen and oxygen atoms in total. The number of carbonyl (C=O) groups excluding carboxylic acids is 1. The van der Waals surface area contributed by atoms with Crippen molar-refractivity contribution in [3.8, 4) is 0 Å². The van der Waals surface area contributed by atoms with Gasteiger partial charge in [-0.05, 0) is 46.1 Å². The molecule has 0 aromatic carbocycles. The second-order valence-electron chi connectivity index (χ2n) is 7.87. The monoisotopic (exact) mass is 360 g/mol. The zero-order chi connectivity index (χ0) is 19.6. The van der Waals surface area contributed by atoms with E-state index in [4.69, 9.17) is 10.1 Å². The number of nitrogens with one attached hydrogen (secondary N) is 1.